The number of rotatable bonds is 1. The van der Waals surface area contributed by atoms with Crippen LogP contribution in [-0.2, 0) is 0 Å². The molecule has 0 aliphatic heterocycles. The molecule has 0 saturated heterocycles. The van der Waals surface area contributed by atoms with Crippen molar-refractivity contribution in [2.45, 2.75) is 13.8 Å². The molecule has 0 bridgehead atoms. The summed E-state index contributed by atoms with van der Waals surface area (Å²) < 4.78 is 9.79. The summed E-state index contributed by atoms with van der Waals surface area (Å²) in [5.74, 6) is 1.54. The van der Waals surface area contributed by atoms with Crippen LogP contribution in [0.3, 0.4) is 0 Å². The van der Waals surface area contributed by atoms with Gasteiger partial charge in [-0.2, -0.15) is 0 Å². The molecular weight excluding hydrogens is 156 g/mol. The Labute approximate surface area is 69.1 Å². The van der Waals surface area contributed by atoms with Gasteiger partial charge in [-0.3, -0.25) is 0 Å². The molecular formula is C8H8N2O2. The Morgan fingerprint density at radius 1 is 0.917 bits per heavy atom. The molecule has 0 aliphatic rings. The number of hydrogen-bond donors (Lipinski definition) is 0. The van der Waals surface area contributed by atoms with E-state index in [1.165, 1.54) is 0 Å². The third-order valence-electron chi connectivity index (χ3n) is 1.52. The second-order valence-electron chi connectivity index (χ2n) is 2.65. The third kappa shape index (κ3) is 1.11. The zero-order valence-electron chi connectivity index (χ0n) is 6.87. The van der Waals surface area contributed by atoms with Crippen molar-refractivity contribution in [2.75, 3.05) is 0 Å². The molecule has 62 valence electrons. The van der Waals surface area contributed by atoms with E-state index in [0.29, 0.717) is 11.4 Å². The highest BCUT2D eigenvalue weighted by Gasteiger charge is 2.07. The summed E-state index contributed by atoms with van der Waals surface area (Å²) in [7, 11) is 0. The molecule has 0 N–H and O–H groups in total. The van der Waals surface area contributed by atoms with Crippen LogP contribution in [0.2, 0.25) is 0 Å². The van der Waals surface area contributed by atoms with Gasteiger partial charge in [-0.15, -0.1) is 0 Å². The van der Waals surface area contributed by atoms with Crippen LogP contribution in [0.5, 0.6) is 0 Å². The average molecular weight is 164 g/mol. The molecule has 2 rings (SSSR count). The Balaban J connectivity index is 2.43. The highest BCUT2D eigenvalue weighted by atomic mass is 16.5. The Morgan fingerprint density at radius 3 is 1.58 bits per heavy atom. The number of hydrogen-bond acceptors (Lipinski definition) is 4. The zero-order chi connectivity index (χ0) is 8.55. The van der Waals surface area contributed by atoms with Crippen molar-refractivity contribution in [3.05, 3.63) is 23.7 Å². The van der Waals surface area contributed by atoms with Gasteiger partial charge < -0.3 is 9.05 Å². The Morgan fingerprint density at radius 2 is 1.33 bits per heavy atom. The van der Waals surface area contributed by atoms with Crippen molar-refractivity contribution >= 4 is 0 Å². The van der Waals surface area contributed by atoms with Crippen LogP contribution in [0.1, 0.15) is 11.5 Å². The molecule has 0 unspecified atom stereocenters. The van der Waals surface area contributed by atoms with E-state index in [-0.39, 0.29) is 0 Å². The van der Waals surface area contributed by atoms with E-state index in [9.17, 15) is 0 Å². The summed E-state index contributed by atoms with van der Waals surface area (Å²) in [6.45, 7) is 3.67. The highest BCUT2D eigenvalue weighted by Crippen LogP contribution is 2.17. The summed E-state index contributed by atoms with van der Waals surface area (Å²) in [4.78, 5) is 0. The van der Waals surface area contributed by atoms with Gasteiger partial charge in [-0.25, -0.2) is 0 Å². The van der Waals surface area contributed by atoms with E-state index in [1.807, 2.05) is 26.0 Å². The van der Waals surface area contributed by atoms with E-state index in [4.69, 9.17) is 9.05 Å². The molecule has 0 radical (unpaired) electrons. The van der Waals surface area contributed by atoms with Crippen LogP contribution in [0.4, 0.5) is 0 Å². The third-order valence-corrected chi connectivity index (χ3v) is 1.52. The molecule has 0 aliphatic carbocycles. The molecule has 0 atom stereocenters. The standard InChI is InChI=1S/C8H8N2O2/c1-5-3-7(9-11-5)8-4-6(2)12-10-8/h3-4H,1-2H3. The van der Waals surface area contributed by atoms with Gasteiger partial charge in [0, 0.05) is 12.1 Å². The molecule has 12 heavy (non-hydrogen) atoms. The van der Waals surface area contributed by atoms with E-state index >= 15 is 0 Å². The second kappa shape index (κ2) is 2.48. The average Bonchev–Trinajstić information content (AvgIpc) is 2.58. The molecule has 0 amide bonds. The van der Waals surface area contributed by atoms with Crippen molar-refractivity contribution < 1.29 is 9.05 Å². The molecule has 0 saturated carbocycles. The van der Waals surface area contributed by atoms with Crippen molar-refractivity contribution in [3.8, 4) is 11.4 Å². The Kier molecular flexibility index (Phi) is 1.46. The van der Waals surface area contributed by atoms with E-state index in [0.717, 1.165) is 11.5 Å². The number of aryl methyl sites for hydroxylation is 2. The summed E-state index contributed by atoms with van der Waals surface area (Å²) in [6, 6.07) is 3.63. The van der Waals surface area contributed by atoms with Crippen LogP contribution >= 0.6 is 0 Å². The smallest absolute Gasteiger partial charge is 0.136 e. The molecule has 4 heteroatoms. The SMILES string of the molecule is Cc1cc(-c2cc(C)on2)no1. The van der Waals surface area contributed by atoms with Gasteiger partial charge >= 0.3 is 0 Å². The minimum atomic E-state index is 0.712. The molecule has 2 aromatic heterocycles. The molecule has 0 fully saturated rings. The van der Waals surface area contributed by atoms with Crippen LogP contribution in [0, 0.1) is 13.8 Å². The van der Waals surface area contributed by atoms with Crippen molar-refractivity contribution in [1.29, 1.82) is 0 Å². The fraction of sp³-hybridized carbons (Fsp3) is 0.250. The summed E-state index contributed by atoms with van der Waals surface area (Å²) in [6.07, 6.45) is 0. The monoisotopic (exact) mass is 164 g/mol. The minimum Gasteiger partial charge on any atom is -0.361 e. The van der Waals surface area contributed by atoms with Crippen molar-refractivity contribution in [3.63, 3.8) is 0 Å². The number of aromatic nitrogens is 2. The van der Waals surface area contributed by atoms with E-state index in [2.05, 4.69) is 10.3 Å². The summed E-state index contributed by atoms with van der Waals surface area (Å²) >= 11 is 0. The first-order chi connectivity index (χ1) is 5.75. The van der Waals surface area contributed by atoms with Crippen molar-refractivity contribution in [1.82, 2.24) is 10.3 Å². The first-order valence-electron chi connectivity index (χ1n) is 3.63. The molecule has 0 spiro atoms. The fourth-order valence-corrected chi connectivity index (χ4v) is 0.974. The normalized spacial score (nSPS) is 10.5. The van der Waals surface area contributed by atoms with E-state index in [1.54, 1.807) is 0 Å². The quantitative estimate of drug-likeness (QED) is 0.646. The topological polar surface area (TPSA) is 52.1 Å². The maximum atomic E-state index is 4.90. The van der Waals surface area contributed by atoms with Gasteiger partial charge in [-0.05, 0) is 13.8 Å². The first-order valence-corrected chi connectivity index (χ1v) is 3.63. The fourth-order valence-electron chi connectivity index (χ4n) is 0.974. The van der Waals surface area contributed by atoms with Crippen LogP contribution in [0.25, 0.3) is 11.4 Å². The summed E-state index contributed by atoms with van der Waals surface area (Å²) in [5.41, 5.74) is 1.42. The van der Waals surface area contributed by atoms with Gasteiger partial charge in [0.25, 0.3) is 0 Å². The lowest BCUT2D eigenvalue weighted by Gasteiger charge is -1.78. The largest absolute Gasteiger partial charge is 0.361 e. The first kappa shape index (κ1) is 7.09. The molecule has 0 aromatic carbocycles. The highest BCUT2D eigenvalue weighted by molar-refractivity contribution is 5.52. The van der Waals surface area contributed by atoms with Gasteiger partial charge in [0.05, 0.1) is 0 Å². The molecule has 4 nitrogen and oxygen atoms in total. The lowest BCUT2D eigenvalue weighted by Crippen LogP contribution is -1.73. The van der Waals surface area contributed by atoms with Crippen molar-refractivity contribution in [2.24, 2.45) is 0 Å². The molecule has 2 heterocycles. The number of nitrogens with zero attached hydrogens (tertiary/aromatic N) is 2. The zero-order valence-corrected chi connectivity index (χ0v) is 6.87. The van der Waals surface area contributed by atoms with E-state index < -0.39 is 0 Å². The van der Waals surface area contributed by atoms with Gasteiger partial charge in [0.1, 0.15) is 22.9 Å². The van der Waals surface area contributed by atoms with Crippen LogP contribution in [-0.4, -0.2) is 10.3 Å². The lowest BCUT2D eigenvalue weighted by atomic mass is 10.3. The predicted octanol–water partition coefficient (Wildman–Crippen LogP) is 1.95. The van der Waals surface area contributed by atoms with Gasteiger partial charge in [0.15, 0.2) is 0 Å². The minimum absolute atomic E-state index is 0.712. The maximum absolute atomic E-state index is 4.90. The maximum Gasteiger partial charge on any atom is 0.136 e. The van der Waals surface area contributed by atoms with Crippen LogP contribution < -0.4 is 0 Å². The summed E-state index contributed by atoms with van der Waals surface area (Å²) in [5, 5.41) is 7.60. The Hall–Kier alpha value is -1.58. The van der Waals surface area contributed by atoms with Gasteiger partial charge in [0.2, 0.25) is 0 Å². The predicted molar refractivity (Wildman–Crippen MR) is 41.5 cm³/mol. The van der Waals surface area contributed by atoms with Crippen LogP contribution in [0.15, 0.2) is 21.2 Å². The molecule has 2 aromatic rings. The Bertz CT molecular complexity index is 351. The lowest BCUT2D eigenvalue weighted by molar-refractivity contribution is 0.391. The van der Waals surface area contributed by atoms with Gasteiger partial charge in [-0.1, -0.05) is 10.3 Å². The second-order valence-corrected chi connectivity index (χ2v) is 2.65.